The van der Waals surface area contributed by atoms with Crippen LogP contribution in [0, 0.1) is 11.8 Å². The Kier molecular flexibility index (Phi) is 5.41. The molecule has 1 heterocycles. The van der Waals surface area contributed by atoms with Crippen molar-refractivity contribution in [3.05, 3.63) is 35.9 Å². The number of likely N-dealkylation sites (tertiary alicyclic amines) is 1. The van der Waals surface area contributed by atoms with Gasteiger partial charge in [-0.1, -0.05) is 44.2 Å². The Bertz CT molecular complexity index is 355. The molecule has 0 aliphatic carbocycles. The number of benzene rings is 1. The molecule has 1 aliphatic rings. The molecule has 0 aromatic heterocycles. The third kappa shape index (κ3) is 4.63. The minimum absolute atomic E-state index is 0.175. The second-order valence-electron chi connectivity index (χ2n) is 6.25. The Labute approximate surface area is 117 Å². The molecule has 2 nitrogen and oxygen atoms in total. The molecular weight excluding hydrogens is 234 g/mol. The first-order chi connectivity index (χ1) is 9.15. The monoisotopic (exact) mass is 261 g/mol. The summed E-state index contributed by atoms with van der Waals surface area (Å²) in [5.41, 5.74) is 1.46. The highest BCUT2D eigenvalue weighted by atomic mass is 16.3. The number of nitrogens with zero attached hydrogens (tertiary/aromatic N) is 1. The summed E-state index contributed by atoms with van der Waals surface area (Å²) in [5, 5.41) is 9.94. The van der Waals surface area contributed by atoms with E-state index in [1.807, 2.05) is 0 Å². The lowest BCUT2D eigenvalue weighted by atomic mass is 9.90. The molecule has 1 aromatic rings. The summed E-state index contributed by atoms with van der Waals surface area (Å²) in [6.07, 6.45) is 3.56. The van der Waals surface area contributed by atoms with E-state index >= 15 is 0 Å². The van der Waals surface area contributed by atoms with Crippen LogP contribution in [-0.2, 0) is 6.42 Å². The van der Waals surface area contributed by atoms with Crippen LogP contribution in [0.3, 0.4) is 0 Å². The lowest BCUT2D eigenvalue weighted by Gasteiger charge is -2.34. The Morgan fingerprint density at radius 2 is 1.79 bits per heavy atom. The molecule has 1 unspecified atom stereocenters. The molecule has 106 valence electrons. The molecule has 2 rings (SSSR count). The van der Waals surface area contributed by atoms with Crippen LogP contribution in [0.15, 0.2) is 30.3 Å². The average Bonchev–Trinajstić information content (AvgIpc) is 2.42. The summed E-state index contributed by atoms with van der Waals surface area (Å²) in [6, 6.07) is 10.8. The average molecular weight is 261 g/mol. The Balaban J connectivity index is 1.73. The van der Waals surface area contributed by atoms with Crippen molar-refractivity contribution in [2.75, 3.05) is 19.6 Å². The predicted octanol–water partition coefficient (Wildman–Crippen LogP) is 2.96. The molecule has 0 spiro atoms. The zero-order valence-corrected chi connectivity index (χ0v) is 12.3. The Morgan fingerprint density at radius 1 is 1.16 bits per heavy atom. The third-order valence-electron chi connectivity index (χ3n) is 4.29. The van der Waals surface area contributed by atoms with E-state index in [0.29, 0.717) is 5.92 Å². The second kappa shape index (κ2) is 7.06. The van der Waals surface area contributed by atoms with Crippen molar-refractivity contribution in [2.24, 2.45) is 11.8 Å². The molecule has 1 atom stereocenters. The van der Waals surface area contributed by atoms with Crippen molar-refractivity contribution in [1.29, 1.82) is 0 Å². The number of aliphatic hydroxyl groups is 1. The smallest absolute Gasteiger partial charge is 0.0689 e. The van der Waals surface area contributed by atoms with Gasteiger partial charge in [-0.3, -0.25) is 0 Å². The molecule has 0 saturated carbocycles. The van der Waals surface area contributed by atoms with Crippen molar-refractivity contribution in [3.8, 4) is 0 Å². The molecule has 1 aromatic carbocycles. The number of piperidine rings is 1. The van der Waals surface area contributed by atoms with Gasteiger partial charge in [-0.15, -0.1) is 0 Å². The van der Waals surface area contributed by atoms with Crippen LogP contribution in [0.1, 0.15) is 32.3 Å². The summed E-state index contributed by atoms with van der Waals surface area (Å²) >= 11 is 0. The van der Waals surface area contributed by atoms with E-state index in [0.717, 1.165) is 25.6 Å². The van der Waals surface area contributed by atoms with Crippen LogP contribution < -0.4 is 0 Å². The fourth-order valence-corrected chi connectivity index (χ4v) is 2.80. The number of hydrogen-bond donors (Lipinski definition) is 1. The lowest BCUT2D eigenvalue weighted by molar-refractivity contribution is 0.0604. The molecular formula is C17H27NO. The number of β-amino-alcohol motifs (C(OH)–C–C–N with tert-alkyl or cyclic N) is 1. The summed E-state index contributed by atoms with van der Waals surface area (Å²) < 4.78 is 0. The number of aliphatic hydroxyl groups excluding tert-OH is 1. The summed E-state index contributed by atoms with van der Waals surface area (Å²) in [5.74, 6) is 1.18. The first-order valence-corrected chi connectivity index (χ1v) is 7.59. The molecule has 0 bridgehead atoms. The van der Waals surface area contributed by atoms with Gasteiger partial charge in [0.1, 0.15) is 0 Å². The van der Waals surface area contributed by atoms with E-state index in [4.69, 9.17) is 0 Å². The van der Waals surface area contributed by atoms with Gasteiger partial charge >= 0.3 is 0 Å². The minimum atomic E-state index is -0.175. The van der Waals surface area contributed by atoms with Gasteiger partial charge in [0.05, 0.1) is 6.10 Å². The standard InChI is InChI=1S/C17H27NO/c1-14(2)17(19)13-18-10-8-16(9-11-18)12-15-6-4-3-5-7-15/h3-7,14,16-17,19H,8-13H2,1-2H3. The maximum atomic E-state index is 9.94. The summed E-state index contributed by atoms with van der Waals surface area (Å²) in [6.45, 7) is 7.30. The van der Waals surface area contributed by atoms with Gasteiger partial charge in [-0.05, 0) is 49.8 Å². The second-order valence-corrected chi connectivity index (χ2v) is 6.25. The SMILES string of the molecule is CC(C)C(O)CN1CCC(Cc2ccccc2)CC1. The summed E-state index contributed by atoms with van der Waals surface area (Å²) in [7, 11) is 0. The van der Waals surface area contributed by atoms with Crippen molar-refractivity contribution >= 4 is 0 Å². The highest BCUT2D eigenvalue weighted by molar-refractivity contribution is 5.15. The lowest BCUT2D eigenvalue weighted by Crippen LogP contribution is -2.40. The quantitative estimate of drug-likeness (QED) is 0.881. The van der Waals surface area contributed by atoms with Gasteiger partial charge in [0, 0.05) is 6.54 Å². The topological polar surface area (TPSA) is 23.5 Å². The van der Waals surface area contributed by atoms with Crippen LogP contribution in [0.4, 0.5) is 0 Å². The van der Waals surface area contributed by atoms with Crippen LogP contribution >= 0.6 is 0 Å². The largest absolute Gasteiger partial charge is 0.392 e. The molecule has 1 N–H and O–H groups in total. The highest BCUT2D eigenvalue weighted by Crippen LogP contribution is 2.22. The molecule has 1 fully saturated rings. The van der Waals surface area contributed by atoms with Crippen molar-refractivity contribution in [2.45, 2.75) is 39.2 Å². The predicted molar refractivity (Wildman–Crippen MR) is 80.2 cm³/mol. The summed E-state index contributed by atoms with van der Waals surface area (Å²) in [4.78, 5) is 2.42. The van der Waals surface area contributed by atoms with Gasteiger partial charge in [0.25, 0.3) is 0 Å². The van der Waals surface area contributed by atoms with Gasteiger partial charge in [0.15, 0.2) is 0 Å². The highest BCUT2D eigenvalue weighted by Gasteiger charge is 2.22. The van der Waals surface area contributed by atoms with Gasteiger partial charge in [0.2, 0.25) is 0 Å². The maximum absolute atomic E-state index is 9.94. The van der Waals surface area contributed by atoms with E-state index < -0.39 is 0 Å². The van der Waals surface area contributed by atoms with Crippen LogP contribution in [-0.4, -0.2) is 35.7 Å². The van der Waals surface area contributed by atoms with E-state index in [-0.39, 0.29) is 6.10 Å². The normalized spacial score (nSPS) is 19.8. The molecule has 1 aliphatic heterocycles. The Hall–Kier alpha value is -0.860. The molecule has 2 heteroatoms. The van der Waals surface area contributed by atoms with Crippen molar-refractivity contribution in [1.82, 2.24) is 4.90 Å². The molecule has 0 radical (unpaired) electrons. The Morgan fingerprint density at radius 3 is 2.37 bits per heavy atom. The molecule has 0 amide bonds. The minimum Gasteiger partial charge on any atom is -0.392 e. The molecule has 19 heavy (non-hydrogen) atoms. The van der Waals surface area contributed by atoms with Crippen LogP contribution in [0.25, 0.3) is 0 Å². The first kappa shape index (κ1) is 14.5. The van der Waals surface area contributed by atoms with E-state index in [9.17, 15) is 5.11 Å². The third-order valence-corrected chi connectivity index (χ3v) is 4.29. The van der Waals surface area contributed by atoms with Gasteiger partial charge < -0.3 is 10.0 Å². The van der Waals surface area contributed by atoms with E-state index in [1.54, 1.807) is 0 Å². The van der Waals surface area contributed by atoms with Crippen molar-refractivity contribution < 1.29 is 5.11 Å². The van der Waals surface area contributed by atoms with E-state index in [2.05, 4.69) is 49.1 Å². The maximum Gasteiger partial charge on any atom is 0.0689 e. The number of rotatable bonds is 5. The fourth-order valence-electron chi connectivity index (χ4n) is 2.80. The zero-order valence-electron chi connectivity index (χ0n) is 12.3. The van der Waals surface area contributed by atoms with Gasteiger partial charge in [-0.2, -0.15) is 0 Å². The zero-order chi connectivity index (χ0) is 13.7. The van der Waals surface area contributed by atoms with Crippen LogP contribution in [0.5, 0.6) is 0 Å². The molecule has 1 saturated heterocycles. The van der Waals surface area contributed by atoms with E-state index in [1.165, 1.54) is 24.8 Å². The van der Waals surface area contributed by atoms with Crippen molar-refractivity contribution in [3.63, 3.8) is 0 Å². The first-order valence-electron chi connectivity index (χ1n) is 7.59. The fraction of sp³-hybridized carbons (Fsp3) is 0.647. The van der Waals surface area contributed by atoms with Gasteiger partial charge in [-0.25, -0.2) is 0 Å². The van der Waals surface area contributed by atoms with Crippen LogP contribution in [0.2, 0.25) is 0 Å². The number of hydrogen-bond acceptors (Lipinski definition) is 2.